The molecule has 2 aromatic carbocycles. The average molecular weight is 429 g/mol. The summed E-state index contributed by atoms with van der Waals surface area (Å²) < 4.78 is 33.2. The Labute approximate surface area is 176 Å². The van der Waals surface area contributed by atoms with E-state index >= 15 is 0 Å². The molecular formula is C22H24N2O5S. The van der Waals surface area contributed by atoms with Crippen molar-refractivity contribution in [3.8, 4) is 5.75 Å². The van der Waals surface area contributed by atoms with Crippen LogP contribution in [0.3, 0.4) is 0 Å². The molecule has 8 heteroatoms. The lowest BCUT2D eigenvalue weighted by Gasteiger charge is -2.21. The van der Waals surface area contributed by atoms with Gasteiger partial charge >= 0.3 is 0 Å². The fourth-order valence-electron chi connectivity index (χ4n) is 3.89. The van der Waals surface area contributed by atoms with Gasteiger partial charge in [-0.25, -0.2) is 8.42 Å². The van der Waals surface area contributed by atoms with Gasteiger partial charge in [-0.15, -0.1) is 0 Å². The second-order valence-electron chi connectivity index (χ2n) is 7.94. The van der Waals surface area contributed by atoms with E-state index in [-0.39, 0.29) is 41.8 Å². The summed E-state index contributed by atoms with van der Waals surface area (Å²) in [5.74, 6) is -0.299. The molecule has 2 aliphatic rings. The van der Waals surface area contributed by atoms with E-state index < -0.39 is 10.0 Å². The maximum atomic E-state index is 13.1. The normalized spacial score (nSPS) is 19.6. The van der Waals surface area contributed by atoms with Crippen molar-refractivity contribution in [2.24, 2.45) is 0 Å². The average Bonchev–Trinajstić information content (AvgIpc) is 3.12. The number of carbonyl (C=O) groups excluding carboxylic acids is 2. The summed E-state index contributed by atoms with van der Waals surface area (Å²) in [6, 6.07) is 12.1. The molecule has 1 atom stereocenters. The lowest BCUT2D eigenvalue weighted by atomic mass is 9.89. The number of nitrogens with zero attached hydrogens (tertiary/aromatic N) is 1. The second-order valence-corrected chi connectivity index (χ2v) is 9.88. The number of carbonyl (C=O) groups is 2. The van der Waals surface area contributed by atoms with E-state index in [4.69, 9.17) is 4.74 Å². The molecule has 0 aliphatic carbocycles. The summed E-state index contributed by atoms with van der Waals surface area (Å²) in [5, 5.41) is 2.37. The number of imide groups is 1. The maximum absolute atomic E-state index is 13.1. The van der Waals surface area contributed by atoms with Gasteiger partial charge in [-0.1, -0.05) is 18.2 Å². The standard InChI is InChI=1S/C22H24N2O5S/c1-14(2)29-18-5-7-19(8-6-18)30(27,28)24-12-16-4-3-15(11-17(16)13-24)20-9-10-21(25)23-22(20)26/h3-8,11,14,20H,9-10,12-13H2,1-2H3,(H,23,25,26). The Hall–Kier alpha value is -2.71. The monoisotopic (exact) mass is 428 g/mol. The number of nitrogens with one attached hydrogen (secondary N) is 1. The molecule has 2 amide bonds. The highest BCUT2D eigenvalue weighted by Gasteiger charge is 2.33. The van der Waals surface area contributed by atoms with Crippen molar-refractivity contribution in [2.75, 3.05) is 0 Å². The molecule has 0 radical (unpaired) electrons. The first-order chi connectivity index (χ1) is 14.2. The van der Waals surface area contributed by atoms with E-state index in [0.29, 0.717) is 18.6 Å². The Morgan fingerprint density at radius 3 is 2.40 bits per heavy atom. The predicted molar refractivity (Wildman–Crippen MR) is 110 cm³/mol. The van der Waals surface area contributed by atoms with Gasteiger partial charge < -0.3 is 4.74 Å². The van der Waals surface area contributed by atoms with Crippen molar-refractivity contribution in [3.63, 3.8) is 0 Å². The Kier molecular flexibility index (Phi) is 5.38. The highest BCUT2D eigenvalue weighted by molar-refractivity contribution is 7.89. The number of amides is 2. The number of piperidine rings is 1. The molecule has 2 aromatic rings. The van der Waals surface area contributed by atoms with E-state index in [1.54, 1.807) is 24.3 Å². The minimum Gasteiger partial charge on any atom is -0.491 e. The molecule has 2 aliphatic heterocycles. The summed E-state index contributed by atoms with van der Waals surface area (Å²) in [4.78, 5) is 23.8. The van der Waals surface area contributed by atoms with Gasteiger partial charge in [0.15, 0.2) is 0 Å². The van der Waals surface area contributed by atoms with Crippen molar-refractivity contribution < 1.29 is 22.7 Å². The van der Waals surface area contributed by atoms with Crippen LogP contribution in [0.5, 0.6) is 5.75 Å². The molecule has 158 valence electrons. The zero-order valence-electron chi connectivity index (χ0n) is 16.9. The van der Waals surface area contributed by atoms with Crippen molar-refractivity contribution in [1.82, 2.24) is 9.62 Å². The molecule has 0 bridgehead atoms. The van der Waals surface area contributed by atoms with Gasteiger partial charge in [0.05, 0.1) is 16.9 Å². The molecule has 1 unspecified atom stereocenters. The second kappa shape index (κ2) is 7.85. The third kappa shape index (κ3) is 3.97. The zero-order valence-corrected chi connectivity index (χ0v) is 17.7. The number of rotatable bonds is 5. The highest BCUT2D eigenvalue weighted by atomic mass is 32.2. The number of ether oxygens (including phenoxy) is 1. The van der Waals surface area contributed by atoms with Crippen LogP contribution in [0.4, 0.5) is 0 Å². The number of hydrogen-bond acceptors (Lipinski definition) is 5. The van der Waals surface area contributed by atoms with Crippen LogP contribution >= 0.6 is 0 Å². The zero-order chi connectivity index (χ0) is 21.5. The number of hydrogen-bond donors (Lipinski definition) is 1. The van der Waals surface area contributed by atoms with Crippen molar-refractivity contribution >= 4 is 21.8 Å². The molecule has 7 nitrogen and oxygen atoms in total. The van der Waals surface area contributed by atoms with Crippen molar-refractivity contribution in [1.29, 1.82) is 0 Å². The minimum atomic E-state index is -3.65. The van der Waals surface area contributed by atoms with Crippen LogP contribution < -0.4 is 10.1 Å². The fraction of sp³-hybridized carbons (Fsp3) is 0.364. The summed E-state index contributed by atoms with van der Waals surface area (Å²) >= 11 is 0. The Bertz CT molecular complexity index is 1090. The Morgan fingerprint density at radius 2 is 1.73 bits per heavy atom. The Morgan fingerprint density at radius 1 is 1.03 bits per heavy atom. The summed E-state index contributed by atoms with van der Waals surface area (Å²) in [6.07, 6.45) is 0.792. The van der Waals surface area contributed by atoms with Gasteiger partial charge in [0.2, 0.25) is 21.8 Å². The predicted octanol–water partition coefficient (Wildman–Crippen LogP) is 2.70. The van der Waals surface area contributed by atoms with Crippen molar-refractivity contribution in [2.45, 2.75) is 56.7 Å². The van der Waals surface area contributed by atoms with Crippen LogP contribution in [0.2, 0.25) is 0 Å². The van der Waals surface area contributed by atoms with Gasteiger partial charge in [-0.2, -0.15) is 4.31 Å². The molecular weight excluding hydrogens is 404 g/mol. The quantitative estimate of drug-likeness (QED) is 0.739. The molecule has 1 saturated heterocycles. The third-order valence-corrected chi connectivity index (χ3v) is 7.20. The lowest BCUT2D eigenvalue weighted by molar-refractivity contribution is -0.134. The first-order valence-corrected chi connectivity index (χ1v) is 11.4. The van der Waals surface area contributed by atoms with Crippen molar-refractivity contribution in [3.05, 3.63) is 59.2 Å². The lowest BCUT2D eigenvalue weighted by Crippen LogP contribution is -2.39. The first-order valence-electron chi connectivity index (χ1n) is 9.96. The maximum Gasteiger partial charge on any atom is 0.243 e. The summed E-state index contributed by atoms with van der Waals surface area (Å²) in [7, 11) is -3.65. The molecule has 0 spiro atoms. The molecule has 4 rings (SSSR count). The number of benzene rings is 2. The minimum absolute atomic E-state index is 0.0131. The molecule has 1 N–H and O–H groups in total. The largest absolute Gasteiger partial charge is 0.491 e. The Balaban J connectivity index is 1.52. The fourth-order valence-corrected chi connectivity index (χ4v) is 5.29. The first kappa shape index (κ1) is 20.6. The van der Waals surface area contributed by atoms with E-state index in [0.717, 1.165) is 16.7 Å². The molecule has 2 heterocycles. The van der Waals surface area contributed by atoms with Gasteiger partial charge in [-0.3, -0.25) is 14.9 Å². The smallest absolute Gasteiger partial charge is 0.243 e. The molecule has 1 fully saturated rings. The van der Waals surface area contributed by atoms with Crippen LogP contribution in [0.1, 0.15) is 49.3 Å². The highest BCUT2D eigenvalue weighted by Crippen LogP contribution is 2.33. The van der Waals surface area contributed by atoms with E-state index in [1.807, 2.05) is 32.0 Å². The number of fused-ring (bicyclic) bond motifs is 1. The topological polar surface area (TPSA) is 92.8 Å². The third-order valence-electron chi connectivity index (χ3n) is 5.40. The van der Waals surface area contributed by atoms with E-state index in [1.165, 1.54) is 4.31 Å². The summed E-state index contributed by atoms with van der Waals surface area (Å²) in [6.45, 7) is 4.37. The van der Waals surface area contributed by atoms with Gasteiger partial charge in [0.25, 0.3) is 0 Å². The number of sulfonamides is 1. The van der Waals surface area contributed by atoms with Crippen LogP contribution in [0.25, 0.3) is 0 Å². The summed E-state index contributed by atoms with van der Waals surface area (Å²) in [5.41, 5.74) is 2.63. The van der Waals surface area contributed by atoms with Crippen LogP contribution in [0.15, 0.2) is 47.4 Å². The molecule has 0 aromatic heterocycles. The molecule has 30 heavy (non-hydrogen) atoms. The van der Waals surface area contributed by atoms with Crippen LogP contribution in [0, 0.1) is 0 Å². The van der Waals surface area contributed by atoms with E-state index in [9.17, 15) is 18.0 Å². The van der Waals surface area contributed by atoms with E-state index in [2.05, 4.69) is 5.32 Å². The van der Waals surface area contributed by atoms with Crippen LogP contribution in [-0.4, -0.2) is 30.6 Å². The van der Waals surface area contributed by atoms with Gasteiger partial charge in [0.1, 0.15) is 5.75 Å². The molecule has 0 saturated carbocycles. The van der Waals surface area contributed by atoms with Gasteiger partial charge in [0, 0.05) is 19.5 Å². The van der Waals surface area contributed by atoms with Crippen LogP contribution in [-0.2, 0) is 32.7 Å². The SMILES string of the molecule is CC(C)Oc1ccc(S(=O)(=O)N2Cc3ccc(C4CCC(=O)NC4=O)cc3C2)cc1. The van der Waals surface area contributed by atoms with Gasteiger partial charge in [-0.05, 0) is 61.2 Å².